The van der Waals surface area contributed by atoms with Crippen LogP contribution in [0.25, 0.3) is 0 Å². The summed E-state index contributed by atoms with van der Waals surface area (Å²) in [5, 5.41) is 3.30. The summed E-state index contributed by atoms with van der Waals surface area (Å²) in [6, 6.07) is 0.440. The molecule has 6 heteroatoms. The SMILES string of the molecule is CCS(=O)(=O)CCN1CCC(NC2CC2)C1=O. The van der Waals surface area contributed by atoms with Crippen LogP contribution in [-0.2, 0) is 14.6 Å². The van der Waals surface area contributed by atoms with Gasteiger partial charge in [-0.1, -0.05) is 6.92 Å². The number of hydrogen-bond donors (Lipinski definition) is 1. The van der Waals surface area contributed by atoms with E-state index in [4.69, 9.17) is 0 Å². The second-order valence-corrected chi connectivity index (χ2v) is 7.32. The van der Waals surface area contributed by atoms with Crippen LogP contribution in [0.15, 0.2) is 0 Å². The van der Waals surface area contributed by atoms with E-state index >= 15 is 0 Å². The highest BCUT2D eigenvalue weighted by molar-refractivity contribution is 7.91. The van der Waals surface area contributed by atoms with Crippen LogP contribution in [0.3, 0.4) is 0 Å². The zero-order valence-electron chi connectivity index (χ0n) is 10.2. The van der Waals surface area contributed by atoms with Crippen molar-refractivity contribution in [3.05, 3.63) is 0 Å². The molecule has 1 amide bonds. The fourth-order valence-corrected chi connectivity index (χ4v) is 2.83. The van der Waals surface area contributed by atoms with E-state index in [-0.39, 0.29) is 23.5 Å². The van der Waals surface area contributed by atoms with Gasteiger partial charge in [-0.3, -0.25) is 4.79 Å². The number of likely N-dealkylation sites (tertiary alicyclic amines) is 1. The van der Waals surface area contributed by atoms with Crippen LogP contribution in [-0.4, -0.2) is 55.9 Å². The average molecular weight is 260 g/mol. The summed E-state index contributed by atoms with van der Waals surface area (Å²) in [5.41, 5.74) is 0. The molecule has 1 saturated carbocycles. The third kappa shape index (κ3) is 3.42. The van der Waals surface area contributed by atoms with E-state index in [2.05, 4.69) is 5.32 Å². The molecule has 0 aromatic heterocycles. The Balaban J connectivity index is 1.80. The molecule has 1 aliphatic carbocycles. The molecular weight excluding hydrogens is 240 g/mol. The van der Waals surface area contributed by atoms with Crippen molar-refractivity contribution < 1.29 is 13.2 Å². The summed E-state index contributed by atoms with van der Waals surface area (Å²) < 4.78 is 22.8. The summed E-state index contributed by atoms with van der Waals surface area (Å²) in [4.78, 5) is 13.6. The zero-order chi connectivity index (χ0) is 12.5. The molecule has 1 heterocycles. The van der Waals surface area contributed by atoms with Crippen LogP contribution < -0.4 is 5.32 Å². The molecule has 0 radical (unpaired) electrons. The summed E-state index contributed by atoms with van der Waals surface area (Å²) in [7, 11) is -2.97. The number of amides is 1. The maximum atomic E-state index is 11.9. The van der Waals surface area contributed by atoms with Crippen LogP contribution in [0.4, 0.5) is 0 Å². The topological polar surface area (TPSA) is 66.5 Å². The molecule has 2 aliphatic rings. The highest BCUT2D eigenvalue weighted by Crippen LogP contribution is 2.22. The van der Waals surface area contributed by atoms with Gasteiger partial charge in [0.1, 0.15) is 0 Å². The second kappa shape index (κ2) is 4.94. The Kier molecular flexibility index (Phi) is 3.73. The quantitative estimate of drug-likeness (QED) is 0.716. The summed E-state index contributed by atoms with van der Waals surface area (Å²) >= 11 is 0. The number of nitrogens with zero attached hydrogens (tertiary/aromatic N) is 1. The molecule has 0 spiro atoms. The first-order valence-corrected chi connectivity index (χ1v) is 8.09. The van der Waals surface area contributed by atoms with E-state index < -0.39 is 9.84 Å². The second-order valence-electron chi connectivity index (χ2n) is 4.84. The van der Waals surface area contributed by atoms with Gasteiger partial charge in [0.25, 0.3) is 0 Å². The van der Waals surface area contributed by atoms with Gasteiger partial charge in [0.15, 0.2) is 9.84 Å². The molecule has 1 N–H and O–H groups in total. The minimum absolute atomic E-state index is 0.0724. The molecule has 2 rings (SSSR count). The van der Waals surface area contributed by atoms with Gasteiger partial charge < -0.3 is 10.2 Å². The molecule has 1 unspecified atom stereocenters. The van der Waals surface area contributed by atoms with Crippen molar-refractivity contribution in [2.24, 2.45) is 0 Å². The van der Waals surface area contributed by atoms with Crippen LogP contribution in [0.5, 0.6) is 0 Å². The van der Waals surface area contributed by atoms with Crippen molar-refractivity contribution in [3.63, 3.8) is 0 Å². The molecule has 0 aromatic carbocycles. The average Bonchev–Trinajstić information content (AvgIpc) is 3.04. The Morgan fingerprint density at radius 3 is 2.65 bits per heavy atom. The third-order valence-corrected chi connectivity index (χ3v) is 5.11. The molecule has 1 atom stereocenters. The normalized spacial score (nSPS) is 25.6. The van der Waals surface area contributed by atoms with Crippen LogP contribution in [0, 0.1) is 0 Å². The highest BCUT2D eigenvalue weighted by Gasteiger charge is 2.35. The molecule has 98 valence electrons. The van der Waals surface area contributed by atoms with Crippen LogP contribution >= 0.6 is 0 Å². The predicted molar refractivity (Wildman–Crippen MR) is 65.5 cm³/mol. The number of hydrogen-bond acceptors (Lipinski definition) is 4. The molecule has 1 saturated heterocycles. The van der Waals surface area contributed by atoms with Crippen molar-refractivity contribution >= 4 is 15.7 Å². The minimum atomic E-state index is -2.97. The number of nitrogens with one attached hydrogen (secondary N) is 1. The van der Waals surface area contributed by atoms with E-state index in [0.717, 1.165) is 19.3 Å². The Hall–Kier alpha value is -0.620. The lowest BCUT2D eigenvalue weighted by Crippen LogP contribution is -2.40. The van der Waals surface area contributed by atoms with Crippen molar-refractivity contribution in [1.29, 1.82) is 0 Å². The molecule has 1 aliphatic heterocycles. The lowest BCUT2D eigenvalue weighted by molar-refractivity contribution is -0.129. The van der Waals surface area contributed by atoms with E-state index in [1.165, 1.54) is 0 Å². The first kappa shape index (κ1) is 12.8. The first-order chi connectivity index (χ1) is 8.02. The largest absolute Gasteiger partial charge is 0.340 e. The summed E-state index contributed by atoms with van der Waals surface area (Å²) in [6.07, 6.45) is 3.13. The maximum absolute atomic E-state index is 11.9. The van der Waals surface area contributed by atoms with Gasteiger partial charge in [-0.2, -0.15) is 0 Å². The Bertz CT molecular complexity index is 390. The smallest absolute Gasteiger partial charge is 0.239 e. The minimum Gasteiger partial charge on any atom is -0.340 e. The van der Waals surface area contributed by atoms with Gasteiger partial charge in [0.2, 0.25) is 5.91 Å². The number of carbonyl (C=O) groups excluding carboxylic acids is 1. The maximum Gasteiger partial charge on any atom is 0.239 e. The Labute approximate surface area is 102 Å². The molecule has 2 fully saturated rings. The fourth-order valence-electron chi connectivity index (χ4n) is 2.04. The Morgan fingerprint density at radius 1 is 1.35 bits per heavy atom. The molecule has 5 nitrogen and oxygen atoms in total. The molecule has 0 aromatic rings. The number of sulfone groups is 1. The van der Waals surface area contributed by atoms with Crippen molar-refractivity contribution in [3.8, 4) is 0 Å². The van der Waals surface area contributed by atoms with Gasteiger partial charge in [-0.05, 0) is 19.3 Å². The molecule has 17 heavy (non-hydrogen) atoms. The van der Waals surface area contributed by atoms with Gasteiger partial charge >= 0.3 is 0 Å². The third-order valence-electron chi connectivity index (χ3n) is 3.42. The van der Waals surface area contributed by atoms with E-state index in [9.17, 15) is 13.2 Å². The van der Waals surface area contributed by atoms with E-state index in [1.54, 1.807) is 11.8 Å². The standard InChI is InChI=1S/C11H20N2O3S/c1-2-17(15,16)8-7-13-6-5-10(11(13)14)12-9-3-4-9/h9-10,12H,2-8H2,1H3. The van der Waals surface area contributed by atoms with Crippen LogP contribution in [0.1, 0.15) is 26.2 Å². The van der Waals surface area contributed by atoms with Crippen molar-refractivity contribution in [2.45, 2.75) is 38.3 Å². The van der Waals surface area contributed by atoms with Crippen LogP contribution in [0.2, 0.25) is 0 Å². The lowest BCUT2D eigenvalue weighted by atomic mass is 10.2. The lowest BCUT2D eigenvalue weighted by Gasteiger charge is -2.16. The first-order valence-electron chi connectivity index (χ1n) is 6.27. The molecular formula is C11H20N2O3S. The van der Waals surface area contributed by atoms with Gasteiger partial charge in [-0.15, -0.1) is 0 Å². The monoisotopic (exact) mass is 260 g/mol. The van der Waals surface area contributed by atoms with Gasteiger partial charge in [-0.25, -0.2) is 8.42 Å². The number of rotatable bonds is 6. The number of carbonyl (C=O) groups is 1. The van der Waals surface area contributed by atoms with Crippen molar-refractivity contribution in [1.82, 2.24) is 10.2 Å². The van der Waals surface area contributed by atoms with Crippen molar-refractivity contribution in [2.75, 3.05) is 24.6 Å². The zero-order valence-corrected chi connectivity index (χ0v) is 11.0. The highest BCUT2D eigenvalue weighted by atomic mass is 32.2. The predicted octanol–water partition coefficient (Wildman–Crippen LogP) is -0.226. The summed E-state index contributed by atoms with van der Waals surface area (Å²) in [6.45, 7) is 2.67. The van der Waals surface area contributed by atoms with Gasteiger partial charge in [0, 0.05) is 24.9 Å². The van der Waals surface area contributed by atoms with E-state index in [1.807, 2.05) is 0 Å². The van der Waals surface area contributed by atoms with E-state index in [0.29, 0.717) is 19.1 Å². The Morgan fingerprint density at radius 2 is 2.06 bits per heavy atom. The fraction of sp³-hybridized carbons (Fsp3) is 0.909. The summed E-state index contributed by atoms with van der Waals surface area (Å²) in [5.74, 6) is 0.313. The molecule has 0 bridgehead atoms. The van der Waals surface area contributed by atoms with Gasteiger partial charge in [0.05, 0.1) is 11.8 Å².